The van der Waals surface area contributed by atoms with Gasteiger partial charge < -0.3 is 20.3 Å². The Morgan fingerprint density at radius 3 is 1.18 bits per heavy atom. The fourth-order valence-corrected chi connectivity index (χ4v) is 8.10. The summed E-state index contributed by atoms with van der Waals surface area (Å²) in [6.07, 6.45) is 59.0. The summed E-state index contributed by atoms with van der Waals surface area (Å²) in [7, 11) is 0. The van der Waals surface area contributed by atoms with Crippen molar-refractivity contribution in [3.8, 4) is 0 Å². The number of amides is 1. The standard InChI is InChI=1S/C54H103NO5/c1-3-5-7-9-11-13-15-17-18-19-20-21-22-24-26-30-34-38-42-46-52(57)51(50-56)55-53(58)47-43-39-35-31-27-25-29-33-37-41-45-49-60-54(59)48-44-40-36-32-28-23-16-14-12-10-8-6-4-2/h29,33,42,46,51-52,56-57H,3-28,30-32,34-41,43-45,47-50H2,1-2H3,(H,55,58)/b33-29-,46-42+. The van der Waals surface area contributed by atoms with Crippen molar-refractivity contribution in [1.29, 1.82) is 0 Å². The zero-order valence-electron chi connectivity index (χ0n) is 40.2. The molecule has 2 atom stereocenters. The van der Waals surface area contributed by atoms with Gasteiger partial charge in [-0.3, -0.25) is 9.59 Å². The van der Waals surface area contributed by atoms with Crippen molar-refractivity contribution in [3.05, 3.63) is 24.3 Å². The Hall–Kier alpha value is -1.66. The van der Waals surface area contributed by atoms with Crippen molar-refractivity contribution in [2.45, 2.75) is 296 Å². The lowest BCUT2D eigenvalue weighted by Gasteiger charge is -2.20. The minimum atomic E-state index is -0.862. The van der Waals surface area contributed by atoms with Crippen LogP contribution in [0.4, 0.5) is 0 Å². The van der Waals surface area contributed by atoms with Crippen molar-refractivity contribution >= 4 is 11.9 Å². The molecule has 0 radical (unpaired) electrons. The highest BCUT2D eigenvalue weighted by Gasteiger charge is 2.18. The van der Waals surface area contributed by atoms with Gasteiger partial charge in [0.05, 0.1) is 25.4 Å². The zero-order valence-corrected chi connectivity index (χ0v) is 40.2. The van der Waals surface area contributed by atoms with Gasteiger partial charge in [0.15, 0.2) is 0 Å². The Balaban J connectivity index is 3.55. The Labute approximate surface area is 373 Å². The third-order valence-corrected chi connectivity index (χ3v) is 12.2. The normalized spacial score (nSPS) is 12.8. The minimum Gasteiger partial charge on any atom is -0.466 e. The molecule has 0 saturated heterocycles. The number of ether oxygens (including phenoxy) is 1. The monoisotopic (exact) mass is 846 g/mol. The molecule has 6 heteroatoms. The van der Waals surface area contributed by atoms with Crippen molar-refractivity contribution in [3.63, 3.8) is 0 Å². The first kappa shape index (κ1) is 58.3. The van der Waals surface area contributed by atoms with E-state index in [4.69, 9.17) is 4.74 Å². The number of carbonyl (C=O) groups excluding carboxylic acids is 2. The molecule has 0 aromatic heterocycles. The second-order valence-corrected chi connectivity index (χ2v) is 18.2. The number of nitrogens with one attached hydrogen (secondary N) is 1. The smallest absolute Gasteiger partial charge is 0.305 e. The number of carbonyl (C=O) groups is 2. The molecule has 2 unspecified atom stereocenters. The molecule has 3 N–H and O–H groups in total. The molecular formula is C54H103NO5. The van der Waals surface area contributed by atoms with Gasteiger partial charge in [0.1, 0.15) is 0 Å². The molecule has 0 aromatic rings. The Morgan fingerprint density at radius 2 is 0.783 bits per heavy atom. The average Bonchev–Trinajstić information content (AvgIpc) is 3.25. The first-order valence-corrected chi connectivity index (χ1v) is 26.6. The van der Waals surface area contributed by atoms with Crippen LogP contribution in [0.3, 0.4) is 0 Å². The predicted molar refractivity (Wildman–Crippen MR) is 260 cm³/mol. The maximum atomic E-state index is 12.4. The van der Waals surface area contributed by atoms with E-state index >= 15 is 0 Å². The fraction of sp³-hybridized carbons (Fsp3) is 0.889. The minimum absolute atomic E-state index is 0.0314. The maximum absolute atomic E-state index is 12.4. The summed E-state index contributed by atoms with van der Waals surface area (Å²) in [4.78, 5) is 24.4. The van der Waals surface area contributed by atoms with Crippen LogP contribution in [0.5, 0.6) is 0 Å². The van der Waals surface area contributed by atoms with Crippen molar-refractivity contribution in [1.82, 2.24) is 5.32 Å². The fourth-order valence-electron chi connectivity index (χ4n) is 8.10. The lowest BCUT2D eigenvalue weighted by Crippen LogP contribution is -2.45. The van der Waals surface area contributed by atoms with Crippen LogP contribution in [-0.2, 0) is 14.3 Å². The third kappa shape index (κ3) is 45.9. The zero-order chi connectivity index (χ0) is 43.7. The highest BCUT2D eigenvalue weighted by atomic mass is 16.5. The molecule has 6 nitrogen and oxygen atoms in total. The Bertz CT molecular complexity index is 935. The summed E-state index contributed by atoms with van der Waals surface area (Å²) in [5.74, 6) is -0.127. The van der Waals surface area contributed by atoms with E-state index in [1.807, 2.05) is 6.08 Å². The van der Waals surface area contributed by atoms with E-state index in [0.717, 1.165) is 83.5 Å². The van der Waals surface area contributed by atoms with Crippen LogP contribution in [-0.4, -0.2) is 47.4 Å². The van der Waals surface area contributed by atoms with Gasteiger partial charge in [-0.25, -0.2) is 0 Å². The molecule has 0 heterocycles. The van der Waals surface area contributed by atoms with E-state index in [9.17, 15) is 19.8 Å². The second-order valence-electron chi connectivity index (χ2n) is 18.2. The van der Waals surface area contributed by atoms with Gasteiger partial charge in [0, 0.05) is 12.8 Å². The molecule has 0 saturated carbocycles. The van der Waals surface area contributed by atoms with Crippen LogP contribution in [0.2, 0.25) is 0 Å². The largest absolute Gasteiger partial charge is 0.466 e. The van der Waals surface area contributed by atoms with E-state index < -0.39 is 12.1 Å². The number of rotatable bonds is 49. The van der Waals surface area contributed by atoms with Crippen LogP contribution in [0, 0.1) is 0 Å². The molecule has 60 heavy (non-hydrogen) atoms. The molecule has 0 spiro atoms. The highest BCUT2D eigenvalue weighted by Crippen LogP contribution is 2.16. The summed E-state index contributed by atoms with van der Waals surface area (Å²) < 4.78 is 5.43. The highest BCUT2D eigenvalue weighted by molar-refractivity contribution is 5.76. The van der Waals surface area contributed by atoms with Gasteiger partial charge in [-0.15, -0.1) is 0 Å². The van der Waals surface area contributed by atoms with Gasteiger partial charge in [0.2, 0.25) is 5.91 Å². The molecule has 0 aliphatic heterocycles. The predicted octanol–water partition coefficient (Wildman–Crippen LogP) is 15.9. The number of esters is 1. The van der Waals surface area contributed by atoms with E-state index in [0.29, 0.717) is 19.4 Å². The Morgan fingerprint density at radius 1 is 0.450 bits per heavy atom. The molecule has 354 valence electrons. The van der Waals surface area contributed by atoms with Crippen molar-refractivity contribution < 1.29 is 24.5 Å². The van der Waals surface area contributed by atoms with Gasteiger partial charge in [-0.05, 0) is 57.8 Å². The first-order valence-electron chi connectivity index (χ1n) is 26.6. The Kier molecular flexibility index (Phi) is 48.6. The first-order chi connectivity index (χ1) is 29.5. The van der Waals surface area contributed by atoms with E-state index in [2.05, 4.69) is 31.3 Å². The maximum Gasteiger partial charge on any atom is 0.305 e. The lowest BCUT2D eigenvalue weighted by molar-refractivity contribution is -0.143. The third-order valence-electron chi connectivity index (χ3n) is 12.2. The molecule has 0 aliphatic carbocycles. The van der Waals surface area contributed by atoms with Crippen molar-refractivity contribution in [2.24, 2.45) is 0 Å². The van der Waals surface area contributed by atoms with Crippen LogP contribution in [0.25, 0.3) is 0 Å². The second kappa shape index (κ2) is 50.0. The molecule has 1 amide bonds. The number of hydrogen-bond donors (Lipinski definition) is 3. The number of unbranched alkanes of at least 4 members (excludes halogenated alkanes) is 36. The summed E-state index contributed by atoms with van der Waals surface area (Å²) in [6, 6.07) is -0.648. The number of aliphatic hydroxyl groups is 2. The molecule has 0 aliphatic rings. The summed E-state index contributed by atoms with van der Waals surface area (Å²) in [5, 5.41) is 23.1. The summed E-state index contributed by atoms with van der Waals surface area (Å²) in [6.45, 7) is 4.83. The number of hydrogen-bond acceptors (Lipinski definition) is 5. The summed E-state index contributed by atoms with van der Waals surface area (Å²) in [5.41, 5.74) is 0. The van der Waals surface area contributed by atoms with Crippen molar-refractivity contribution in [2.75, 3.05) is 13.2 Å². The molecule has 0 fully saturated rings. The van der Waals surface area contributed by atoms with Crippen LogP contribution < -0.4 is 5.32 Å². The SMILES string of the molecule is CCCCCCCCCCCCCCCCCCC/C=C/C(O)C(CO)NC(=O)CCCCCCC/C=C\CCCCOC(=O)CCCCCCCCCCCCCCC. The van der Waals surface area contributed by atoms with Gasteiger partial charge >= 0.3 is 5.97 Å². The number of aliphatic hydroxyl groups excluding tert-OH is 2. The molecule has 0 rings (SSSR count). The summed E-state index contributed by atoms with van der Waals surface area (Å²) >= 11 is 0. The lowest BCUT2D eigenvalue weighted by atomic mass is 10.0. The van der Waals surface area contributed by atoms with Crippen LogP contribution in [0.1, 0.15) is 284 Å². The van der Waals surface area contributed by atoms with Crippen LogP contribution in [0.15, 0.2) is 24.3 Å². The van der Waals surface area contributed by atoms with E-state index in [1.165, 1.54) is 173 Å². The quantitative estimate of drug-likeness (QED) is 0.0322. The van der Waals surface area contributed by atoms with Crippen LogP contribution >= 0.6 is 0 Å². The van der Waals surface area contributed by atoms with Gasteiger partial charge in [0.25, 0.3) is 0 Å². The molecule has 0 aromatic carbocycles. The average molecular weight is 846 g/mol. The topological polar surface area (TPSA) is 95.9 Å². The van der Waals surface area contributed by atoms with E-state index in [1.54, 1.807) is 6.08 Å². The van der Waals surface area contributed by atoms with Gasteiger partial charge in [-0.2, -0.15) is 0 Å². The molecular weight excluding hydrogens is 743 g/mol. The van der Waals surface area contributed by atoms with Gasteiger partial charge in [-0.1, -0.05) is 237 Å². The van der Waals surface area contributed by atoms with E-state index in [-0.39, 0.29) is 18.5 Å². The molecule has 0 bridgehead atoms. The number of allylic oxidation sites excluding steroid dienone is 3.